The lowest BCUT2D eigenvalue weighted by atomic mass is 9.96. The summed E-state index contributed by atoms with van der Waals surface area (Å²) in [6, 6.07) is 7.93. The van der Waals surface area contributed by atoms with E-state index in [2.05, 4.69) is 10.6 Å². The lowest BCUT2D eigenvalue weighted by Gasteiger charge is -2.35. The number of urea groups is 1. The smallest absolute Gasteiger partial charge is 0.321 e. The van der Waals surface area contributed by atoms with Crippen LogP contribution in [0.4, 0.5) is 10.5 Å². The minimum Gasteiger partial charge on any atom is -0.341 e. The van der Waals surface area contributed by atoms with Gasteiger partial charge in [0.1, 0.15) is 0 Å². The van der Waals surface area contributed by atoms with Crippen LogP contribution in [0.15, 0.2) is 24.3 Å². The molecule has 2 heterocycles. The van der Waals surface area contributed by atoms with Crippen LogP contribution in [0.2, 0.25) is 0 Å². The maximum atomic E-state index is 12.8. The number of amides is 3. The van der Waals surface area contributed by atoms with Crippen LogP contribution in [0, 0.1) is 12.8 Å². The van der Waals surface area contributed by atoms with Gasteiger partial charge in [0.15, 0.2) is 0 Å². The van der Waals surface area contributed by atoms with E-state index in [1.807, 2.05) is 43.1 Å². The van der Waals surface area contributed by atoms with Crippen molar-refractivity contribution in [3.05, 3.63) is 29.8 Å². The van der Waals surface area contributed by atoms with Gasteiger partial charge < -0.3 is 20.4 Å². The van der Waals surface area contributed by atoms with Crippen molar-refractivity contribution in [1.82, 2.24) is 15.1 Å². The lowest BCUT2D eigenvalue weighted by molar-refractivity contribution is -0.137. The Balaban J connectivity index is 0.00000243. The third-order valence-corrected chi connectivity index (χ3v) is 5.26. The molecule has 2 aliphatic heterocycles. The molecule has 2 atom stereocenters. The summed E-state index contributed by atoms with van der Waals surface area (Å²) in [5.74, 6) is 0.0735. The topological polar surface area (TPSA) is 64.7 Å². The maximum absolute atomic E-state index is 12.8. The third-order valence-electron chi connectivity index (χ3n) is 5.26. The zero-order valence-electron chi connectivity index (χ0n) is 15.5. The van der Waals surface area contributed by atoms with Crippen LogP contribution in [0.5, 0.6) is 0 Å². The van der Waals surface area contributed by atoms with Crippen LogP contribution in [-0.2, 0) is 4.79 Å². The monoisotopic (exact) mass is 380 g/mol. The van der Waals surface area contributed by atoms with E-state index in [0.717, 1.165) is 43.6 Å². The van der Waals surface area contributed by atoms with E-state index >= 15 is 0 Å². The van der Waals surface area contributed by atoms with Gasteiger partial charge in [-0.3, -0.25) is 4.79 Å². The van der Waals surface area contributed by atoms with Crippen molar-refractivity contribution in [2.75, 3.05) is 38.5 Å². The molecule has 0 aromatic heterocycles. The number of hydrogen-bond acceptors (Lipinski definition) is 3. The number of nitrogens with one attached hydrogen (secondary N) is 2. The minimum absolute atomic E-state index is 0. The molecule has 0 radical (unpaired) electrons. The summed E-state index contributed by atoms with van der Waals surface area (Å²) in [7, 11) is 1.89. The van der Waals surface area contributed by atoms with Gasteiger partial charge in [0.2, 0.25) is 5.91 Å². The number of hydrogen-bond donors (Lipinski definition) is 2. The molecule has 0 bridgehead atoms. The summed E-state index contributed by atoms with van der Waals surface area (Å²) >= 11 is 0. The molecule has 7 heteroatoms. The second kappa shape index (κ2) is 9.24. The number of anilines is 1. The van der Waals surface area contributed by atoms with Crippen molar-refractivity contribution in [2.24, 2.45) is 5.92 Å². The van der Waals surface area contributed by atoms with Gasteiger partial charge in [-0.2, -0.15) is 0 Å². The Morgan fingerprint density at radius 3 is 2.81 bits per heavy atom. The molecule has 2 aliphatic rings. The van der Waals surface area contributed by atoms with Gasteiger partial charge in [-0.05, 0) is 50.4 Å². The number of nitrogens with zero attached hydrogens (tertiary/aromatic N) is 2. The lowest BCUT2D eigenvalue weighted by Crippen LogP contribution is -2.49. The zero-order chi connectivity index (χ0) is 17.8. The highest BCUT2D eigenvalue weighted by molar-refractivity contribution is 5.90. The Labute approximate surface area is 161 Å². The molecule has 2 unspecified atom stereocenters. The quantitative estimate of drug-likeness (QED) is 0.846. The summed E-state index contributed by atoms with van der Waals surface area (Å²) in [5.41, 5.74) is 1.91. The molecule has 0 saturated carbocycles. The largest absolute Gasteiger partial charge is 0.341 e. The Morgan fingerprint density at radius 2 is 2.12 bits per heavy atom. The summed E-state index contributed by atoms with van der Waals surface area (Å²) < 4.78 is 0. The number of rotatable bonds is 3. The molecule has 3 rings (SSSR count). The first-order valence-electron chi connectivity index (χ1n) is 9.14. The van der Waals surface area contributed by atoms with Crippen LogP contribution < -0.4 is 10.6 Å². The Hall–Kier alpha value is -1.79. The number of halogens is 1. The van der Waals surface area contributed by atoms with Gasteiger partial charge in [-0.15, -0.1) is 12.4 Å². The van der Waals surface area contributed by atoms with E-state index in [0.29, 0.717) is 13.1 Å². The molecule has 26 heavy (non-hydrogen) atoms. The van der Waals surface area contributed by atoms with E-state index in [1.54, 1.807) is 4.90 Å². The van der Waals surface area contributed by atoms with E-state index in [1.165, 1.54) is 0 Å². The van der Waals surface area contributed by atoms with Gasteiger partial charge in [0, 0.05) is 38.4 Å². The van der Waals surface area contributed by atoms with E-state index in [-0.39, 0.29) is 36.3 Å². The fourth-order valence-electron chi connectivity index (χ4n) is 3.73. The molecular weight excluding hydrogens is 352 g/mol. The average molecular weight is 381 g/mol. The molecule has 1 aromatic carbocycles. The number of aryl methyl sites for hydroxylation is 1. The standard InChI is InChI=1S/C19H28N4O2.ClH/c1-14-5-3-7-16(11-14)21-19(25)23-10-4-6-15(13-23)18(24)22(2)17-8-9-20-12-17;/h3,5,7,11,15,17,20H,4,6,8-10,12-13H2,1-2H3,(H,21,25);1H. The molecule has 0 spiro atoms. The highest BCUT2D eigenvalue weighted by Gasteiger charge is 2.33. The number of carbonyl (C=O) groups is 2. The van der Waals surface area contributed by atoms with E-state index in [4.69, 9.17) is 0 Å². The molecule has 2 fully saturated rings. The predicted molar refractivity (Wildman–Crippen MR) is 106 cm³/mol. The minimum atomic E-state index is -0.117. The summed E-state index contributed by atoms with van der Waals surface area (Å²) in [4.78, 5) is 29.0. The highest BCUT2D eigenvalue weighted by Crippen LogP contribution is 2.21. The third kappa shape index (κ3) is 4.89. The van der Waals surface area contributed by atoms with Crippen molar-refractivity contribution >= 4 is 30.0 Å². The van der Waals surface area contributed by atoms with Crippen molar-refractivity contribution in [1.29, 1.82) is 0 Å². The van der Waals surface area contributed by atoms with Gasteiger partial charge in [-0.1, -0.05) is 12.1 Å². The van der Waals surface area contributed by atoms with Gasteiger partial charge >= 0.3 is 6.03 Å². The first-order valence-corrected chi connectivity index (χ1v) is 9.14. The van der Waals surface area contributed by atoms with Crippen molar-refractivity contribution in [3.63, 3.8) is 0 Å². The first-order chi connectivity index (χ1) is 12.0. The fourth-order valence-corrected chi connectivity index (χ4v) is 3.73. The Morgan fingerprint density at radius 1 is 1.31 bits per heavy atom. The number of piperidine rings is 1. The van der Waals surface area contributed by atoms with E-state index in [9.17, 15) is 9.59 Å². The van der Waals surface area contributed by atoms with Gasteiger partial charge in [0.05, 0.1) is 5.92 Å². The average Bonchev–Trinajstić information content (AvgIpc) is 3.15. The highest BCUT2D eigenvalue weighted by atomic mass is 35.5. The Kier molecular flexibility index (Phi) is 7.29. The number of likely N-dealkylation sites (tertiary alicyclic amines) is 1. The number of carbonyl (C=O) groups excluding carboxylic acids is 2. The Bertz CT molecular complexity index is 634. The van der Waals surface area contributed by atoms with Crippen molar-refractivity contribution < 1.29 is 9.59 Å². The second-order valence-corrected chi connectivity index (χ2v) is 7.18. The van der Waals surface area contributed by atoms with Gasteiger partial charge in [-0.25, -0.2) is 4.79 Å². The van der Waals surface area contributed by atoms with Crippen LogP contribution in [-0.4, -0.2) is 61.0 Å². The van der Waals surface area contributed by atoms with Gasteiger partial charge in [0.25, 0.3) is 0 Å². The first kappa shape index (κ1) is 20.5. The van der Waals surface area contributed by atoms with E-state index < -0.39 is 0 Å². The maximum Gasteiger partial charge on any atom is 0.321 e. The van der Waals surface area contributed by atoms with Crippen molar-refractivity contribution in [2.45, 2.75) is 32.2 Å². The molecule has 3 amide bonds. The molecule has 2 saturated heterocycles. The van der Waals surface area contributed by atoms with Crippen LogP contribution in [0.3, 0.4) is 0 Å². The van der Waals surface area contributed by atoms with Crippen LogP contribution >= 0.6 is 12.4 Å². The van der Waals surface area contributed by atoms with Crippen molar-refractivity contribution in [3.8, 4) is 0 Å². The predicted octanol–water partition coefficient (Wildman–Crippen LogP) is 2.48. The summed E-state index contributed by atoms with van der Waals surface area (Å²) in [6.07, 6.45) is 2.73. The summed E-state index contributed by atoms with van der Waals surface area (Å²) in [5, 5.41) is 6.25. The fraction of sp³-hybridized carbons (Fsp3) is 0.579. The summed E-state index contributed by atoms with van der Waals surface area (Å²) in [6.45, 7) is 5.04. The normalized spacial score (nSPS) is 22.5. The second-order valence-electron chi connectivity index (χ2n) is 7.18. The number of likely N-dealkylation sites (N-methyl/N-ethyl adjacent to an activating group) is 1. The number of benzene rings is 1. The zero-order valence-corrected chi connectivity index (χ0v) is 16.3. The molecule has 1 aromatic rings. The van der Waals surface area contributed by atoms with Crippen LogP contribution in [0.1, 0.15) is 24.8 Å². The molecule has 0 aliphatic carbocycles. The molecule has 6 nitrogen and oxygen atoms in total. The molecule has 144 valence electrons. The van der Waals surface area contributed by atoms with Crippen LogP contribution in [0.25, 0.3) is 0 Å². The SMILES string of the molecule is Cc1cccc(NC(=O)N2CCCC(C(=O)N(C)C3CCNC3)C2)c1.Cl. The molecular formula is C19H29ClN4O2. The molecule has 2 N–H and O–H groups in total.